The van der Waals surface area contributed by atoms with E-state index in [-0.39, 0.29) is 6.04 Å². The molecule has 2 N–H and O–H groups in total. The Kier molecular flexibility index (Phi) is 2.57. The minimum atomic E-state index is 0.180. The van der Waals surface area contributed by atoms with Crippen molar-refractivity contribution in [1.29, 1.82) is 0 Å². The van der Waals surface area contributed by atoms with Crippen molar-refractivity contribution in [2.45, 2.75) is 19.9 Å². The highest BCUT2D eigenvalue weighted by Crippen LogP contribution is 2.28. The predicted molar refractivity (Wildman–Crippen MR) is 63.3 cm³/mol. The van der Waals surface area contributed by atoms with Crippen molar-refractivity contribution in [3.63, 3.8) is 0 Å². The maximum absolute atomic E-state index is 5.90. The van der Waals surface area contributed by atoms with Gasteiger partial charge in [0.25, 0.3) is 0 Å². The van der Waals surface area contributed by atoms with E-state index in [0.717, 1.165) is 0 Å². The van der Waals surface area contributed by atoms with Crippen LogP contribution in [0.25, 0.3) is 5.57 Å². The molecule has 1 aliphatic carbocycles. The summed E-state index contributed by atoms with van der Waals surface area (Å²) in [5, 5.41) is 0. The topological polar surface area (TPSA) is 26.0 Å². The molecule has 0 spiro atoms. The fourth-order valence-electron chi connectivity index (χ4n) is 1.59. The second kappa shape index (κ2) is 3.71. The number of aryl methyl sites for hydroxylation is 1. The molecule has 2 heteroatoms. The third-order valence-corrected chi connectivity index (χ3v) is 3.62. The van der Waals surface area contributed by atoms with Gasteiger partial charge in [0, 0.05) is 15.8 Å². The monoisotopic (exact) mass is 205 g/mol. The van der Waals surface area contributed by atoms with Crippen LogP contribution in [-0.2, 0) is 0 Å². The van der Waals surface area contributed by atoms with Crippen molar-refractivity contribution in [1.82, 2.24) is 0 Å². The zero-order valence-corrected chi connectivity index (χ0v) is 9.34. The second-order valence-corrected chi connectivity index (χ2v) is 5.12. The molecule has 0 bridgehead atoms. The van der Waals surface area contributed by atoms with Gasteiger partial charge in [-0.2, -0.15) is 0 Å². The summed E-state index contributed by atoms with van der Waals surface area (Å²) in [7, 11) is 0. The van der Waals surface area contributed by atoms with E-state index in [2.05, 4.69) is 44.2 Å². The number of thiophene rings is 1. The molecule has 0 radical (unpaired) electrons. The Hall–Kier alpha value is -0.860. The minimum absolute atomic E-state index is 0.180. The molecular weight excluding hydrogens is 190 g/mol. The quantitative estimate of drug-likeness (QED) is 0.749. The van der Waals surface area contributed by atoms with Gasteiger partial charge >= 0.3 is 0 Å². The van der Waals surface area contributed by atoms with Crippen LogP contribution in [0.1, 0.15) is 16.7 Å². The van der Waals surface area contributed by atoms with Crippen LogP contribution in [0.15, 0.2) is 30.4 Å². The molecule has 0 fully saturated rings. The summed E-state index contributed by atoms with van der Waals surface area (Å²) in [6.07, 6.45) is 6.49. The molecule has 0 aliphatic heterocycles. The number of nitrogens with two attached hydrogens (primary N) is 1. The van der Waals surface area contributed by atoms with Gasteiger partial charge in [-0.25, -0.2) is 0 Å². The van der Waals surface area contributed by atoms with Gasteiger partial charge in [-0.3, -0.25) is 0 Å². The Bertz CT molecular complexity index is 387. The van der Waals surface area contributed by atoms with Crippen LogP contribution in [0.2, 0.25) is 0 Å². The molecule has 1 heterocycles. The van der Waals surface area contributed by atoms with Crippen LogP contribution in [0, 0.1) is 12.8 Å². The normalized spacial score (nSPS) is 26.4. The second-order valence-electron chi connectivity index (χ2n) is 3.83. The summed E-state index contributed by atoms with van der Waals surface area (Å²) < 4.78 is 0. The minimum Gasteiger partial charge on any atom is -0.324 e. The summed E-state index contributed by atoms with van der Waals surface area (Å²) in [6.45, 7) is 4.30. The molecule has 74 valence electrons. The van der Waals surface area contributed by atoms with Crippen molar-refractivity contribution in [3.05, 3.63) is 40.1 Å². The van der Waals surface area contributed by atoms with Gasteiger partial charge < -0.3 is 5.73 Å². The van der Waals surface area contributed by atoms with E-state index in [0.29, 0.717) is 5.92 Å². The molecule has 1 aromatic rings. The van der Waals surface area contributed by atoms with E-state index in [1.54, 1.807) is 0 Å². The van der Waals surface area contributed by atoms with Crippen LogP contribution in [0.3, 0.4) is 0 Å². The predicted octanol–water partition coefficient (Wildman–Crippen LogP) is 2.97. The Morgan fingerprint density at radius 3 is 2.71 bits per heavy atom. The van der Waals surface area contributed by atoms with Crippen LogP contribution in [0.4, 0.5) is 0 Å². The molecule has 1 aromatic heterocycles. The Morgan fingerprint density at radius 2 is 2.14 bits per heavy atom. The SMILES string of the molecule is Cc1ccc(C2=CC(C)C(N)C=C2)s1. The molecule has 0 aromatic carbocycles. The first-order valence-electron chi connectivity index (χ1n) is 4.89. The third kappa shape index (κ3) is 1.81. The molecule has 1 nitrogen and oxygen atoms in total. The summed E-state index contributed by atoms with van der Waals surface area (Å²) in [5.41, 5.74) is 7.21. The lowest BCUT2D eigenvalue weighted by Crippen LogP contribution is -2.26. The van der Waals surface area contributed by atoms with Crippen molar-refractivity contribution < 1.29 is 0 Å². The standard InChI is InChI=1S/C12H15NS/c1-8-7-10(4-5-11(8)13)12-6-3-9(2)14-12/h3-8,11H,13H2,1-2H3. The summed E-state index contributed by atoms with van der Waals surface area (Å²) in [4.78, 5) is 2.70. The fourth-order valence-corrected chi connectivity index (χ4v) is 2.47. The number of hydrogen-bond acceptors (Lipinski definition) is 2. The highest BCUT2D eigenvalue weighted by atomic mass is 32.1. The third-order valence-electron chi connectivity index (χ3n) is 2.57. The van der Waals surface area contributed by atoms with E-state index in [1.807, 2.05) is 11.3 Å². The lowest BCUT2D eigenvalue weighted by Gasteiger charge is -2.18. The zero-order chi connectivity index (χ0) is 10.1. The molecule has 0 amide bonds. The van der Waals surface area contributed by atoms with E-state index in [4.69, 9.17) is 5.73 Å². The summed E-state index contributed by atoms with van der Waals surface area (Å²) in [5.74, 6) is 0.442. The summed E-state index contributed by atoms with van der Waals surface area (Å²) in [6, 6.07) is 4.52. The van der Waals surface area contributed by atoms with Crippen molar-refractivity contribution in [3.8, 4) is 0 Å². The molecule has 2 rings (SSSR count). The van der Waals surface area contributed by atoms with Gasteiger partial charge in [0.2, 0.25) is 0 Å². The molecule has 14 heavy (non-hydrogen) atoms. The van der Waals surface area contributed by atoms with Gasteiger partial charge in [-0.05, 0) is 30.5 Å². The first-order valence-corrected chi connectivity index (χ1v) is 5.71. The first kappa shape index (κ1) is 9.69. The van der Waals surface area contributed by atoms with Gasteiger partial charge in [0.15, 0.2) is 0 Å². The van der Waals surface area contributed by atoms with Crippen molar-refractivity contribution in [2.75, 3.05) is 0 Å². The molecule has 0 saturated carbocycles. The Morgan fingerprint density at radius 1 is 1.36 bits per heavy atom. The highest BCUT2D eigenvalue weighted by molar-refractivity contribution is 7.13. The van der Waals surface area contributed by atoms with Gasteiger partial charge in [-0.15, -0.1) is 11.3 Å². The maximum atomic E-state index is 5.90. The molecule has 1 aliphatic rings. The van der Waals surface area contributed by atoms with E-state index in [9.17, 15) is 0 Å². The van der Waals surface area contributed by atoms with Gasteiger partial charge in [0.05, 0.1) is 0 Å². The average molecular weight is 205 g/mol. The highest BCUT2D eigenvalue weighted by Gasteiger charge is 2.13. The van der Waals surface area contributed by atoms with Crippen LogP contribution in [0.5, 0.6) is 0 Å². The Labute approximate surface area is 88.9 Å². The first-order chi connectivity index (χ1) is 6.66. The van der Waals surface area contributed by atoms with Gasteiger partial charge in [-0.1, -0.05) is 25.2 Å². The Balaban J connectivity index is 2.29. The number of rotatable bonds is 1. The molecule has 2 unspecified atom stereocenters. The maximum Gasteiger partial charge on any atom is 0.0342 e. The van der Waals surface area contributed by atoms with Gasteiger partial charge in [0.1, 0.15) is 0 Å². The average Bonchev–Trinajstić information content (AvgIpc) is 2.57. The van der Waals surface area contributed by atoms with Crippen LogP contribution >= 0.6 is 11.3 Å². The zero-order valence-electron chi connectivity index (χ0n) is 8.53. The van der Waals surface area contributed by atoms with E-state index < -0.39 is 0 Å². The summed E-state index contributed by atoms with van der Waals surface area (Å²) >= 11 is 1.84. The van der Waals surface area contributed by atoms with Crippen molar-refractivity contribution >= 4 is 16.9 Å². The van der Waals surface area contributed by atoms with Crippen LogP contribution in [-0.4, -0.2) is 6.04 Å². The lowest BCUT2D eigenvalue weighted by molar-refractivity contribution is 0.627. The largest absolute Gasteiger partial charge is 0.324 e. The molecule has 2 atom stereocenters. The molecular formula is C12H15NS. The number of hydrogen-bond donors (Lipinski definition) is 1. The van der Waals surface area contributed by atoms with Crippen LogP contribution < -0.4 is 5.73 Å². The van der Waals surface area contributed by atoms with Crippen molar-refractivity contribution in [2.24, 2.45) is 11.7 Å². The molecule has 0 saturated heterocycles. The number of allylic oxidation sites excluding steroid dienone is 2. The van der Waals surface area contributed by atoms with E-state index >= 15 is 0 Å². The fraction of sp³-hybridized carbons (Fsp3) is 0.333. The van der Waals surface area contributed by atoms with E-state index in [1.165, 1.54) is 15.3 Å². The smallest absolute Gasteiger partial charge is 0.0342 e. The lowest BCUT2D eigenvalue weighted by atomic mass is 9.93.